The van der Waals surface area contributed by atoms with Crippen LogP contribution in [0.25, 0.3) is 10.9 Å². The number of hydrogen-bond donors (Lipinski definition) is 1. The highest BCUT2D eigenvalue weighted by atomic mass is 16.6. The van der Waals surface area contributed by atoms with Gasteiger partial charge in [-0.3, -0.25) is 0 Å². The molecule has 0 spiro atoms. The van der Waals surface area contributed by atoms with Crippen LogP contribution in [0.1, 0.15) is 6.92 Å². The number of methoxy groups -OCH3 is 2. The van der Waals surface area contributed by atoms with Crippen LogP contribution in [0.15, 0.2) is 12.1 Å². The van der Waals surface area contributed by atoms with E-state index in [2.05, 4.69) is 9.97 Å². The summed E-state index contributed by atoms with van der Waals surface area (Å²) in [6.45, 7) is 4.48. The second-order valence-electron chi connectivity index (χ2n) is 5.81. The zero-order valence-electron chi connectivity index (χ0n) is 15.2. The quantitative estimate of drug-likeness (QED) is 0.874. The summed E-state index contributed by atoms with van der Waals surface area (Å²) in [4.78, 5) is 24.5. The molecule has 9 heteroatoms. The predicted octanol–water partition coefficient (Wildman–Crippen LogP) is 1.51. The van der Waals surface area contributed by atoms with Gasteiger partial charge in [0.05, 0.1) is 26.3 Å². The minimum Gasteiger partial charge on any atom is -0.493 e. The van der Waals surface area contributed by atoms with E-state index in [-0.39, 0.29) is 6.09 Å². The van der Waals surface area contributed by atoms with Crippen molar-refractivity contribution in [2.75, 3.05) is 57.6 Å². The number of amides is 1. The molecule has 1 aliphatic heterocycles. The standard InChI is InChI=1S/C17H23N5O4/c1-4-26-17(23)22-7-5-21(6-8-22)16-19-12-10-14(25-3)13(24-2)9-11(12)15(18)20-16/h9-10H,4-8H2,1-3H3,(H2,18,19,20). The average molecular weight is 361 g/mol. The van der Waals surface area contributed by atoms with Crippen molar-refractivity contribution in [1.82, 2.24) is 14.9 Å². The molecule has 3 rings (SSSR count). The number of rotatable bonds is 4. The molecule has 0 atom stereocenters. The number of carbonyl (C=O) groups excluding carboxylic acids is 1. The number of anilines is 2. The van der Waals surface area contributed by atoms with E-state index in [4.69, 9.17) is 19.9 Å². The molecule has 0 saturated carbocycles. The van der Waals surface area contributed by atoms with Crippen LogP contribution in [0.3, 0.4) is 0 Å². The molecule has 0 bridgehead atoms. The highest BCUT2D eigenvalue weighted by molar-refractivity contribution is 5.91. The van der Waals surface area contributed by atoms with Gasteiger partial charge in [-0.25, -0.2) is 9.78 Å². The van der Waals surface area contributed by atoms with E-state index in [0.29, 0.717) is 67.0 Å². The van der Waals surface area contributed by atoms with Crippen molar-refractivity contribution >= 4 is 28.8 Å². The van der Waals surface area contributed by atoms with E-state index in [9.17, 15) is 4.79 Å². The third kappa shape index (κ3) is 3.37. The Morgan fingerprint density at radius 2 is 1.77 bits per heavy atom. The molecular formula is C17H23N5O4. The largest absolute Gasteiger partial charge is 0.493 e. The van der Waals surface area contributed by atoms with Crippen LogP contribution < -0.4 is 20.1 Å². The minimum absolute atomic E-state index is 0.289. The van der Waals surface area contributed by atoms with E-state index in [0.717, 1.165) is 0 Å². The fourth-order valence-electron chi connectivity index (χ4n) is 2.91. The summed E-state index contributed by atoms with van der Waals surface area (Å²) in [5.41, 5.74) is 6.81. The zero-order valence-corrected chi connectivity index (χ0v) is 15.2. The summed E-state index contributed by atoms with van der Waals surface area (Å²) < 4.78 is 15.7. The Hall–Kier alpha value is -2.97. The molecule has 1 amide bonds. The van der Waals surface area contributed by atoms with Crippen molar-refractivity contribution in [3.05, 3.63) is 12.1 Å². The van der Waals surface area contributed by atoms with Crippen molar-refractivity contribution in [3.63, 3.8) is 0 Å². The summed E-state index contributed by atoms with van der Waals surface area (Å²) in [6.07, 6.45) is -0.289. The third-order valence-corrected chi connectivity index (χ3v) is 4.31. The van der Waals surface area contributed by atoms with Gasteiger partial charge in [0.1, 0.15) is 5.82 Å². The third-order valence-electron chi connectivity index (χ3n) is 4.31. The number of piperazine rings is 1. The zero-order chi connectivity index (χ0) is 18.7. The van der Waals surface area contributed by atoms with Gasteiger partial charge in [0.2, 0.25) is 5.95 Å². The number of hydrogen-bond acceptors (Lipinski definition) is 8. The first-order valence-electron chi connectivity index (χ1n) is 8.43. The van der Waals surface area contributed by atoms with Crippen molar-refractivity contribution < 1.29 is 19.0 Å². The molecule has 26 heavy (non-hydrogen) atoms. The number of nitrogen functional groups attached to an aromatic ring is 1. The normalized spacial score (nSPS) is 14.4. The average Bonchev–Trinajstić information content (AvgIpc) is 2.67. The Morgan fingerprint density at radius 1 is 1.12 bits per heavy atom. The number of carbonyl (C=O) groups is 1. The fourth-order valence-corrected chi connectivity index (χ4v) is 2.91. The van der Waals surface area contributed by atoms with Gasteiger partial charge >= 0.3 is 6.09 Å². The lowest BCUT2D eigenvalue weighted by molar-refractivity contribution is 0.105. The number of ether oxygens (including phenoxy) is 3. The molecule has 0 unspecified atom stereocenters. The van der Waals surface area contributed by atoms with Gasteiger partial charge in [0.25, 0.3) is 0 Å². The van der Waals surface area contributed by atoms with Crippen LogP contribution in [0.4, 0.5) is 16.6 Å². The van der Waals surface area contributed by atoms with Crippen molar-refractivity contribution in [2.45, 2.75) is 6.92 Å². The molecule has 2 heterocycles. The van der Waals surface area contributed by atoms with Crippen molar-refractivity contribution in [3.8, 4) is 11.5 Å². The van der Waals surface area contributed by atoms with Crippen molar-refractivity contribution in [2.24, 2.45) is 0 Å². The Bertz CT molecular complexity index is 805. The SMILES string of the molecule is CCOC(=O)N1CCN(c2nc(N)c3cc(OC)c(OC)cc3n2)CC1. The van der Waals surface area contributed by atoms with E-state index in [1.54, 1.807) is 38.2 Å². The number of nitrogens with zero attached hydrogens (tertiary/aromatic N) is 4. The summed E-state index contributed by atoms with van der Waals surface area (Å²) in [6, 6.07) is 3.55. The van der Waals surface area contributed by atoms with Gasteiger partial charge in [-0.1, -0.05) is 0 Å². The first-order valence-corrected chi connectivity index (χ1v) is 8.43. The Morgan fingerprint density at radius 3 is 2.38 bits per heavy atom. The number of benzene rings is 1. The monoisotopic (exact) mass is 361 g/mol. The molecule has 1 saturated heterocycles. The highest BCUT2D eigenvalue weighted by Gasteiger charge is 2.24. The van der Waals surface area contributed by atoms with Crippen LogP contribution in [-0.2, 0) is 4.74 Å². The first-order chi connectivity index (χ1) is 12.6. The Labute approximate surface area is 151 Å². The predicted molar refractivity (Wildman–Crippen MR) is 97.9 cm³/mol. The summed E-state index contributed by atoms with van der Waals surface area (Å²) in [5.74, 6) is 2.06. The number of fused-ring (bicyclic) bond motifs is 1. The molecule has 0 radical (unpaired) electrons. The van der Waals surface area contributed by atoms with Crippen LogP contribution in [0, 0.1) is 0 Å². The molecule has 9 nitrogen and oxygen atoms in total. The summed E-state index contributed by atoms with van der Waals surface area (Å²) in [7, 11) is 3.14. The second kappa shape index (κ2) is 7.51. The summed E-state index contributed by atoms with van der Waals surface area (Å²) >= 11 is 0. The van der Waals surface area contributed by atoms with Gasteiger partial charge in [-0.05, 0) is 13.0 Å². The Balaban J connectivity index is 1.84. The second-order valence-corrected chi connectivity index (χ2v) is 5.81. The molecule has 2 N–H and O–H groups in total. The van der Waals surface area contributed by atoms with Gasteiger partial charge in [-0.2, -0.15) is 4.98 Å². The topological polar surface area (TPSA) is 103 Å². The number of nitrogens with two attached hydrogens (primary N) is 1. The van der Waals surface area contributed by atoms with E-state index in [1.165, 1.54) is 0 Å². The molecule has 0 aliphatic carbocycles. The van der Waals surface area contributed by atoms with Crippen molar-refractivity contribution in [1.29, 1.82) is 0 Å². The van der Waals surface area contributed by atoms with Crippen LogP contribution >= 0.6 is 0 Å². The van der Waals surface area contributed by atoms with Gasteiger partial charge in [0, 0.05) is 37.6 Å². The molecule has 1 aliphatic rings. The smallest absolute Gasteiger partial charge is 0.409 e. The maximum Gasteiger partial charge on any atom is 0.409 e. The van der Waals surface area contributed by atoms with E-state index >= 15 is 0 Å². The molecule has 2 aromatic rings. The first kappa shape index (κ1) is 17.8. The molecule has 140 valence electrons. The van der Waals surface area contributed by atoms with Crippen LogP contribution in [-0.4, -0.2) is 68.0 Å². The highest BCUT2D eigenvalue weighted by Crippen LogP contribution is 2.34. The molecule has 1 aromatic heterocycles. The minimum atomic E-state index is -0.289. The van der Waals surface area contributed by atoms with Gasteiger partial charge in [0.15, 0.2) is 11.5 Å². The summed E-state index contributed by atoms with van der Waals surface area (Å²) in [5, 5.41) is 0.705. The van der Waals surface area contributed by atoms with Gasteiger partial charge in [-0.15, -0.1) is 0 Å². The fraction of sp³-hybridized carbons (Fsp3) is 0.471. The molecular weight excluding hydrogens is 338 g/mol. The lowest BCUT2D eigenvalue weighted by Gasteiger charge is -2.34. The van der Waals surface area contributed by atoms with E-state index < -0.39 is 0 Å². The van der Waals surface area contributed by atoms with Crippen LogP contribution in [0.5, 0.6) is 11.5 Å². The molecule has 1 aromatic carbocycles. The lowest BCUT2D eigenvalue weighted by Crippen LogP contribution is -2.49. The maximum atomic E-state index is 11.8. The van der Waals surface area contributed by atoms with Gasteiger partial charge < -0.3 is 29.7 Å². The molecule has 1 fully saturated rings. The number of aromatic nitrogens is 2. The van der Waals surface area contributed by atoms with Crippen LogP contribution in [0.2, 0.25) is 0 Å². The Kier molecular flexibility index (Phi) is 5.15. The maximum absolute atomic E-state index is 11.8. The lowest BCUT2D eigenvalue weighted by atomic mass is 10.2. The van der Waals surface area contributed by atoms with E-state index in [1.807, 2.05) is 4.90 Å².